The molecule has 0 aromatic heterocycles. The lowest BCUT2D eigenvalue weighted by Gasteiger charge is -2.14. The maximum absolute atomic E-state index is 13.2. The third kappa shape index (κ3) is 3.74. The number of methoxy groups -OCH3 is 2. The summed E-state index contributed by atoms with van der Waals surface area (Å²) in [4.78, 5) is 12.6. The maximum atomic E-state index is 13.2. The van der Waals surface area contributed by atoms with Crippen LogP contribution in [0.3, 0.4) is 0 Å². The number of carbonyl (C=O) groups excluding carboxylic acids is 1. The zero-order chi connectivity index (χ0) is 17.7. The summed E-state index contributed by atoms with van der Waals surface area (Å²) in [5.41, 5.74) is 2.37. The van der Waals surface area contributed by atoms with Gasteiger partial charge in [0.25, 0.3) is 5.91 Å². The van der Waals surface area contributed by atoms with E-state index >= 15 is 0 Å². The summed E-state index contributed by atoms with van der Waals surface area (Å²) in [6.45, 7) is 3.61. The van der Waals surface area contributed by atoms with Crippen molar-refractivity contribution in [2.45, 2.75) is 13.8 Å². The summed E-state index contributed by atoms with van der Waals surface area (Å²) in [7, 11) is 3.07. The third-order valence-electron chi connectivity index (χ3n) is 3.55. The zero-order valence-corrected chi connectivity index (χ0v) is 14.1. The summed E-state index contributed by atoms with van der Waals surface area (Å²) in [5.74, 6) is 0.377. The third-order valence-corrected chi connectivity index (χ3v) is 3.55. The second-order valence-corrected chi connectivity index (χ2v) is 5.21. The molecular formula is C19H20FNO3. The number of rotatable bonds is 5. The van der Waals surface area contributed by atoms with E-state index in [1.165, 1.54) is 25.3 Å². The first kappa shape index (κ1) is 17.5. The molecule has 0 aliphatic carbocycles. The van der Waals surface area contributed by atoms with Crippen LogP contribution in [0.5, 0.6) is 11.5 Å². The van der Waals surface area contributed by atoms with Crippen molar-refractivity contribution in [3.8, 4) is 11.5 Å². The molecule has 0 aliphatic heterocycles. The molecule has 1 N–H and O–H groups in total. The molecule has 4 nitrogen and oxygen atoms in total. The smallest absolute Gasteiger partial charge is 0.255 e. The van der Waals surface area contributed by atoms with Crippen molar-refractivity contribution >= 4 is 17.7 Å². The number of hydrogen-bond acceptors (Lipinski definition) is 3. The van der Waals surface area contributed by atoms with E-state index in [1.807, 2.05) is 19.1 Å². The summed E-state index contributed by atoms with van der Waals surface area (Å²) >= 11 is 0. The van der Waals surface area contributed by atoms with Crippen LogP contribution in [0.4, 0.5) is 10.1 Å². The minimum Gasteiger partial charge on any atom is -0.493 e. The lowest BCUT2D eigenvalue weighted by Crippen LogP contribution is -2.13. The summed E-state index contributed by atoms with van der Waals surface area (Å²) in [5, 5.41) is 2.79. The fourth-order valence-corrected chi connectivity index (χ4v) is 2.39. The lowest BCUT2D eigenvalue weighted by molar-refractivity contribution is 0.102. The van der Waals surface area contributed by atoms with E-state index in [2.05, 4.69) is 5.32 Å². The summed E-state index contributed by atoms with van der Waals surface area (Å²) in [6, 6.07) is 7.55. The first-order valence-corrected chi connectivity index (χ1v) is 7.46. The van der Waals surface area contributed by atoms with E-state index in [1.54, 1.807) is 26.2 Å². The molecule has 0 bridgehead atoms. The molecule has 0 saturated heterocycles. The van der Waals surface area contributed by atoms with Crippen LogP contribution in [-0.4, -0.2) is 20.1 Å². The van der Waals surface area contributed by atoms with Crippen LogP contribution < -0.4 is 14.8 Å². The molecule has 24 heavy (non-hydrogen) atoms. The fraction of sp³-hybridized carbons (Fsp3) is 0.211. The number of benzene rings is 2. The molecule has 0 spiro atoms. The largest absolute Gasteiger partial charge is 0.493 e. The number of hydrogen-bond donors (Lipinski definition) is 1. The van der Waals surface area contributed by atoms with Gasteiger partial charge in [0.05, 0.1) is 14.2 Å². The topological polar surface area (TPSA) is 47.6 Å². The molecule has 0 atom stereocenters. The van der Waals surface area contributed by atoms with Gasteiger partial charge in [-0.25, -0.2) is 4.39 Å². The number of aryl methyl sites for hydroxylation is 1. The van der Waals surface area contributed by atoms with Crippen molar-refractivity contribution in [3.63, 3.8) is 0 Å². The van der Waals surface area contributed by atoms with Crippen LogP contribution in [0.2, 0.25) is 0 Å². The second kappa shape index (κ2) is 7.64. The molecule has 0 heterocycles. The fourth-order valence-electron chi connectivity index (χ4n) is 2.39. The van der Waals surface area contributed by atoms with E-state index < -0.39 is 0 Å². The predicted octanol–water partition coefficient (Wildman–Crippen LogP) is 4.44. The van der Waals surface area contributed by atoms with Crippen molar-refractivity contribution in [2.24, 2.45) is 0 Å². The Bertz CT molecular complexity index is 784. The van der Waals surface area contributed by atoms with E-state index in [4.69, 9.17) is 9.47 Å². The number of allylic oxidation sites excluding steroid dienone is 1. The predicted molar refractivity (Wildman–Crippen MR) is 93.3 cm³/mol. The molecule has 2 aromatic rings. The molecule has 0 unspecified atom stereocenters. The highest BCUT2D eigenvalue weighted by atomic mass is 19.1. The monoisotopic (exact) mass is 329 g/mol. The average Bonchev–Trinajstić information content (AvgIpc) is 2.56. The van der Waals surface area contributed by atoms with E-state index in [0.717, 1.165) is 5.56 Å². The molecule has 126 valence electrons. The van der Waals surface area contributed by atoms with Crippen LogP contribution in [0.25, 0.3) is 6.08 Å². The SMILES string of the molecule is CC=Cc1cc(C(=O)Nc2ccc(F)cc2C)cc(OC)c1OC. The van der Waals surface area contributed by atoms with Crippen LogP contribution >= 0.6 is 0 Å². The highest BCUT2D eigenvalue weighted by Crippen LogP contribution is 2.34. The van der Waals surface area contributed by atoms with Gasteiger partial charge in [0, 0.05) is 16.8 Å². The average molecular weight is 329 g/mol. The molecule has 1 amide bonds. The Labute approximate surface area is 140 Å². The van der Waals surface area contributed by atoms with Gasteiger partial charge in [0.2, 0.25) is 0 Å². The summed E-state index contributed by atoms with van der Waals surface area (Å²) < 4.78 is 23.8. The molecule has 0 fully saturated rings. The Morgan fingerprint density at radius 3 is 2.50 bits per heavy atom. The van der Waals surface area contributed by atoms with Crippen molar-refractivity contribution in [1.82, 2.24) is 0 Å². The van der Waals surface area contributed by atoms with Gasteiger partial charge in [-0.2, -0.15) is 0 Å². The van der Waals surface area contributed by atoms with Gasteiger partial charge >= 0.3 is 0 Å². The van der Waals surface area contributed by atoms with Crippen LogP contribution in [0.15, 0.2) is 36.4 Å². The molecule has 0 aliphatic rings. The van der Waals surface area contributed by atoms with Crippen molar-refractivity contribution < 1.29 is 18.7 Å². The Morgan fingerprint density at radius 1 is 1.17 bits per heavy atom. The van der Waals surface area contributed by atoms with Crippen molar-refractivity contribution in [1.29, 1.82) is 0 Å². The quantitative estimate of drug-likeness (QED) is 0.882. The van der Waals surface area contributed by atoms with Crippen LogP contribution in [0.1, 0.15) is 28.4 Å². The van der Waals surface area contributed by atoms with E-state index in [9.17, 15) is 9.18 Å². The highest BCUT2D eigenvalue weighted by Gasteiger charge is 2.15. The van der Waals surface area contributed by atoms with Gasteiger partial charge < -0.3 is 14.8 Å². The van der Waals surface area contributed by atoms with Crippen molar-refractivity contribution in [3.05, 3.63) is 58.9 Å². The Morgan fingerprint density at radius 2 is 1.92 bits per heavy atom. The van der Waals surface area contributed by atoms with Crippen LogP contribution in [-0.2, 0) is 0 Å². The maximum Gasteiger partial charge on any atom is 0.255 e. The number of ether oxygens (including phenoxy) is 2. The molecule has 0 radical (unpaired) electrons. The van der Waals surface area contributed by atoms with Gasteiger partial charge in [0.1, 0.15) is 5.82 Å². The number of anilines is 1. The highest BCUT2D eigenvalue weighted by molar-refractivity contribution is 6.05. The zero-order valence-electron chi connectivity index (χ0n) is 14.1. The van der Waals surface area contributed by atoms with Gasteiger partial charge in [-0.15, -0.1) is 0 Å². The van der Waals surface area contributed by atoms with E-state index in [-0.39, 0.29) is 11.7 Å². The van der Waals surface area contributed by atoms with E-state index in [0.29, 0.717) is 28.3 Å². The van der Waals surface area contributed by atoms with Crippen LogP contribution in [0, 0.1) is 12.7 Å². The Hall–Kier alpha value is -2.82. The lowest BCUT2D eigenvalue weighted by atomic mass is 10.1. The number of amides is 1. The van der Waals surface area contributed by atoms with Gasteiger partial charge in [-0.1, -0.05) is 12.2 Å². The normalized spacial score (nSPS) is 10.7. The first-order valence-electron chi connectivity index (χ1n) is 7.46. The summed E-state index contributed by atoms with van der Waals surface area (Å²) in [6.07, 6.45) is 3.68. The number of halogens is 1. The second-order valence-electron chi connectivity index (χ2n) is 5.21. The molecule has 5 heteroatoms. The molecule has 0 saturated carbocycles. The first-order chi connectivity index (χ1) is 11.5. The minimum absolute atomic E-state index is 0.309. The molecular weight excluding hydrogens is 309 g/mol. The molecule has 2 rings (SSSR count). The van der Waals surface area contributed by atoms with Gasteiger partial charge in [-0.05, 0) is 49.7 Å². The Kier molecular flexibility index (Phi) is 5.58. The minimum atomic E-state index is -0.341. The number of nitrogens with one attached hydrogen (secondary N) is 1. The number of carbonyl (C=O) groups is 1. The molecule has 2 aromatic carbocycles. The standard InChI is InChI=1S/C19H20FNO3/c1-5-6-13-10-14(11-17(23-3)18(13)24-4)19(22)21-16-8-7-15(20)9-12(16)2/h5-11H,1-4H3,(H,21,22). The van der Waals surface area contributed by atoms with Crippen molar-refractivity contribution in [2.75, 3.05) is 19.5 Å². The van der Waals surface area contributed by atoms with Gasteiger partial charge in [0.15, 0.2) is 11.5 Å². The Balaban J connectivity index is 2.40. The van der Waals surface area contributed by atoms with Gasteiger partial charge in [-0.3, -0.25) is 4.79 Å².